The first-order valence-corrected chi connectivity index (χ1v) is 7.27. The smallest absolute Gasteiger partial charge is 0.335 e. The number of methoxy groups -OCH3 is 1. The molecule has 1 heterocycles. The third kappa shape index (κ3) is 3.70. The highest BCUT2D eigenvalue weighted by Crippen LogP contribution is 2.26. The fourth-order valence-corrected chi connectivity index (χ4v) is 2.77. The molecular formula is C14H24N2O4. The third-order valence-electron chi connectivity index (χ3n) is 4.25. The number of rotatable bonds is 5. The Morgan fingerprint density at radius 3 is 2.70 bits per heavy atom. The monoisotopic (exact) mass is 284 g/mol. The van der Waals surface area contributed by atoms with Gasteiger partial charge < -0.3 is 14.7 Å². The summed E-state index contributed by atoms with van der Waals surface area (Å²) in [5.74, 6) is -0.744. The summed E-state index contributed by atoms with van der Waals surface area (Å²) < 4.78 is 4.56. The number of aliphatic hydroxyl groups excluding tert-OH is 1. The molecular weight excluding hydrogens is 260 g/mol. The van der Waals surface area contributed by atoms with E-state index in [1.165, 1.54) is 20.0 Å². The van der Waals surface area contributed by atoms with Gasteiger partial charge in [-0.25, -0.2) is 4.79 Å². The number of likely N-dealkylation sites (tertiary alicyclic amines) is 1. The molecule has 1 saturated heterocycles. The second-order valence-corrected chi connectivity index (χ2v) is 5.86. The van der Waals surface area contributed by atoms with Gasteiger partial charge in [-0.15, -0.1) is 0 Å². The lowest BCUT2D eigenvalue weighted by molar-refractivity contribution is -0.156. The second kappa shape index (κ2) is 6.54. The van der Waals surface area contributed by atoms with Crippen LogP contribution in [0.4, 0.5) is 0 Å². The molecule has 2 fully saturated rings. The van der Waals surface area contributed by atoms with Gasteiger partial charge in [-0.3, -0.25) is 9.69 Å². The first kappa shape index (κ1) is 15.3. The number of carbonyl (C=O) groups is 2. The lowest BCUT2D eigenvalue weighted by atomic mass is 9.92. The van der Waals surface area contributed by atoms with Crippen molar-refractivity contribution >= 4 is 11.9 Å². The number of likely N-dealkylation sites (N-methyl/N-ethyl adjacent to an activating group) is 1. The molecule has 2 aliphatic rings. The Morgan fingerprint density at radius 2 is 2.10 bits per heavy atom. The van der Waals surface area contributed by atoms with Crippen molar-refractivity contribution in [1.82, 2.24) is 9.80 Å². The summed E-state index contributed by atoms with van der Waals surface area (Å²) in [5, 5.41) is 9.90. The van der Waals surface area contributed by atoms with Crippen molar-refractivity contribution in [1.29, 1.82) is 0 Å². The van der Waals surface area contributed by atoms with Crippen LogP contribution in [0.2, 0.25) is 0 Å². The normalized spacial score (nSPS) is 24.6. The minimum absolute atomic E-state index is 0.0844. The zero-order valence-electron chi connectivity index (χ0n) is 12.2. The van der Waals surface area contributed by atoms with Gasteiger partial charge >= 0.3 is 5.97 Å². The quantitative estimate of drug-likeness (QED) is 0.711. The molecule has 0 aromatic carbocycles. The molecule has 6 nitrogen and oxygen atoms in total. The predicted octanol–water partition coefficient (Wildman–Crippen LogP) is -0.147. The van der Waals surface area contributed by atoms with Gasteiger partial charge in [0.25, 0.3) is 0 Å². The molecule has 0 unspecified atom stereocenters. The van der Waals surface area contributed by atoms with Crippen LogP contribution in [-0.4, -0.2) is 72.7 Å². The van der Waals surface area contributed by atoms with Crippen LogP contribution >= 0.6 is 0 Å². The lowest BCUT2D eigenvalue weighted by Gasteiger charge is -2.35. The van der Waals surface area contributed by atoms with E-state index in [0.717, 1.165) is 12.8 Å². The van der Waals surface area contributed by atoms with Crippen LogP contribution in [0.15, 0.2) is 0 Å². The summed E-state index contributed by atoms with van der Waals surface area (Å²) in [6, 6.07) is 0.556. The van der Waals surface area contributed by atoms with E-state index >= 15 is 0 Å². The summed E-state index contributed by atoms with van der Waals surface area (Å²) in [6.07, 6.45) is 2.79. The molecule has 1 N–H and O–H groups in total. The molecule has 2 rings (SSSR count). The topological polar surface area (TPSA) is 70.1 Å². The maximum Gasteiger partial charge on any atom is 0.335 e. The summed E-state index contributed by atoms with van der Waals surface area (Å²) in [6.45, 7) is 1.57. The second-order valence-electron chi connectivity index (χ2n) is 5.86. The maximum absolute atomic E-state index is 12.2. The highest BCUT2D eigenvalue weighted by molar-refractivity contribution is 5.79. The van der Waals surface area contributed by atoms with Crippen LogP contribution < -0.4 is 0 Å². The van der Waals surface area contributed by atoms with Gasteiger partial charge in [0.2, 0.25) is 5.91 Å². The molecule has 0 bridgehead atoms. The average Bonchev–Trinajstić information content (AvgIpc) is 3.30. The number of aliphatic hydroxyl groups is 1. The van der Waals surface area contributed by atoms with Crippen LogP contribution in [0.1, 0.15) is 25.7 Å². The molecule has 0 aromatic heterocycles. The van der Waals surface area contributed by atoms with Gasteiger partial charge in [0.15, 0.2) is 6.10 Å². The van der Waals surface area contributed by atoms with Gasteiger partial charge in [0.05, 0.1) is 13.7 Å². The molecule has 1 amide bonds. The number of amides is 1. The Hall–Kier alpha value is -1.14. The molecule has 1 aliphatic carbocycles. The van der Waals surface area contributed by atoms with E-state index < -0.39 is 12.1 Å². The SMILES string of the molecule is COC(=O)[C@@H](O)[C@H]1CCCN(C(=O)CN(C)C2CC2)C1. The van der Waals surface area contributed by atoms with E-state index in [2.05, 4.69) is 9.64 Å². The first-order chi connectivity index (χ1) is 9.52. The fourth-order valence-electron chi connectivity index (χ4n) is 2.77. The van der Waals surface area contributed by atoms with Crippen molar-refractivity contribution in [3.05, 3.63) is 0 Å². The Morgan fingerprint density at radius 1 is 1.40 bits per heavy atom. The van der Waals surface area contributed by atoms with Crippen LogP contribution in [0.3, 0.4) is 0 Å². The van der Waals surface area contributed by atoms with E-state index in [9.17, 15) is 14.7 Å². The molecule has 1 saturated carbocycles. The van der Waals surface area contributed by atoms with Gasteiger partial charge in [-0.2, -0.15) is 0 Å². The average molecular weight is 284 g/mol. The van der Waals surface area contributed by atoms with Gasteiger partial charge in [0, 0.05) is 25.0 Å². The number of carbonyl (C=O) groups excluding carboxylic acids is 2. The van der Waals surface area contributed by atoms with E-state index in [1.807, 2.05) is 7.05 Å². The Bertz CT molecular complexity index is 370. The lowest BCUT2D eigenvalue weighted by Crippen LogP contribution is -2.48. The van der Waals surface area contributed by atoms with E-state index in [0.29, 0.717) is 25.7 Å². The van der Waals surface area contributed by atoms with Gasteiger partial charge in [-0.05, 0) is 32.7 Å². The molecule has 0 spiro atoms. The van der Waals surface area contributed by atoms with Gasteiger partial charge in [0.1, 0.15) is 0 Å². The van der Waals surface area contributed by atoms with Crippen molar-refractivity contribution in [2.24, 2.45) is 5.92 Å². The molecule has 1 aliphatic heterocycles. The summed E-state index contributed by atoms with van der Waals surface area (Å²) in [4.78, 5) is 27.5. The maximum atomic E-state index is 12.2. The third-order valence-corrected chi connectivity index (χ3v) is 4.25. The predicted molar refractivity (Wildman–Crippen MR) is 73.0 cm³/mol. The minimum atomic E-state index is -1.13. The molecule has 114 valence electrons. The Balaban J connectivity index is 1.85. The molecule has 20 heavy (non-hydrogen) atoms. The first-order valence-electron chi connectivity index (χ1n) is 7.27. The largest absolute Gasteiger partial charge is 0.467 e. The number of piperidine rings is 1. The zero-order valence-corrected chi connectivity index (χ0v) is 12.2. The van der Waals surface area contributed by atoms with Crippen molar-refractivity contribution in [2.75, 3.05) is 33.8 Å². The van der Waals surface area contributed by atoms with E-state index in [4.69, 9.17) is 0 Å². The fraction of sp³-hybridized carbons (Fsp3) is 0.857. The summed E-state index contributed by atoms with van der Waals surface area (Å²) >= 11 is 0. The highest BCUT2D eigenvalue weighted by Gasteiger charge is 2.34. The zero-order chi connectivity index (χ0) is 14.7. The number of ether oxygens (including phenoxy) is 1. The van der Waals surface area contributed by atoms with Crippen LogP contribution in [0.5, 0.6) is 0 Å². The minimum Gasteiger partial charge on any atom is -0.467 e. The van der Waals surface area contributed by atoms with Crippen molar-refractivity contribution in [3.63, 3.8) is 0 Å². The van der Waals surface area contributed by atoms with E-state index in [1.54, 1.807) is 4.90 Å². The standard InChI is InChI=1S/C14H24N2O4/c1-15(11-5-6-11)9-12(17)16-7-3-4-10(8-16)13(18)14(19)20-2/h10-11,13,18H,3-9H2,1-2H3/t10-,13-/m0/s1. The van der Waals surface area contributed by atoms with Crippen LogP contribution in [0, 0.1) is 5.92 Å². The highest BCUT2D eigenvalue weighted by atomic mass is 16.5. The Labute approximate surface area is 119 Å². The number of esters is 1. The van der Waals surface area contributed by atoms with Crippen molar-refractivity contribution in [2.45, 2.75) is 37.8 Å². The molecule has 0 radical (unpaired) electrons. The van der Waals surface area contributed by atoms with Gasteiger partial charge in [-0.1, -0.05) is 0 Å². The molecule has 0 aromatic rings. The number of hydrogen-bond acceptors (Lipinski definition) is 5. The van der Waals surface area contributed by atoms with E-state index in [-0.39, 0.29) is 11.8 Å². The summed E-state index contributed by atoms with van der Waals surface area (Å²) in [5.41, 5.74) is 0. The number of nitrogens with zero attached hydrogens (tertiary/aromatic N) is 2. The van der Waals surface area contributed by atoms with Crippen LogP contribution in [-0.2, 0) is 14.3 Å². The number of hydrogen-bond donors (Lipinski definition) is 1. The van der Waals surface area contributed by atoms with Crippen molar-refractivity contribution < 1.29 is 19.4 Å². The Kier molecular flexibility index (Phi) is 4.99. The molecule has 2 atom stereocenters. The van der Waals surface area contributed by atoms with Crippen molar-refractivity contribution in [3.8, 4) is 0 Å². The van der Waals surface area contributed by atoms with Crippen LogP contribution in [0.25, 0.3) is 0 Å². The molecule has 6 heteroatoms. The summed E-state index contributed by atoms with van der Waals surface area (Å²) in [7, 11) is 3.24.